The lowest BCUT2D eigenvalue weighted by Crippen LogP contribution is -2.27. The van der Waals surface area contributed by atoms with Gasteiger partial charge in [0.25, 0.3) is 11.1 Å². The summed E-state index contributed by atoms with van der Waals surface area (Å²) in [6.45, 7) is 5.76. The molecule has 186 valence electrons. The number of ether oxygens (including phenoxy) is 2. The van der Waals surface area contributed by atoms with Crippen LogP contribution in [0.3, 0.4) is 0 Å². The third-order valence-corrected chi connectivity index (χ3v) is 6.52. The van der Waals surface area contributed by atoms with Gasteiger partial charge >= 0.3 is 11.9 Å². The molecule has 0 saturated carbocycles. The van der Waals surface area contributed by atoms with Crippen molar-refractivity contribution >= 4 is 40.9 Å². The molecule has 9 nitrogen and oxygen atoms in total. The SMILES string of the molecule is CCOC(=O)c1cccc(-n2c(C)cc(/C=C3/SC(=O)N(Cc4ccc(C(=O)OC)o4)C3=O)c2C)c1. The maximum atomic E-state index is 13.0. The fourth-order valence-corrected chi connectivity index (χ4v) is 4.75. The highest BCUT2D eigenvalue weighted by Gasteiger charge is 2.36. The van der Waals surface area contributed by atoms with Crippen LogP contribution in [-0.4, -0.2) is 46.3 Å². The van der Waals surface area contributed by atoms with Crippen LogP contribution in [0, 0.1) is 13.8 Å². The second-order valence-electron chi connectivity index (χ2n) is 7.96. The molecular weight excluding hydrogens is 484 g/mol. The maximum Gasteiger partial charge on any atom is 0.373 e. The van der Waals surface area contributed by atoms with Gasteiger partial charge < -0.3 is 18.5 Å². The Morgan fingerprint density at radius 3 is 2.58 bits per heavy atom. The number of aromatic nitrogens is 1. The smallest absolute Gasteiger partial charge is 0.373 e. The minimum absolute atomic E-state index is 0.00511. The van der Waals surface area contributed by atoms with Crippen molar-refractivity contribution in [1.29, 1.82) is 0 Å². The van der Waals surface area contributed by atoms with Gasteiger partial charge in [-0.1, -0.05) is 6.07 Å². The predicted molar refractivity (Wildman–Crippen MR) is 133 cm³/mol. The standard InChI is InChI=1S/C26H24N2O7S/c1-5-34-24(30)17-7-6-8-19(12-17)28-15(2)11-18(16(28)3)13-22-23(29)27(26(32)36-22)14-20-9-10-21(35-20)25(31)33-4/h6-13H,5,14H2,1-4H3/b22-13+. The summed E-state index contributed by atoms with van der Waals surface area (Å²) in [6, 6.07) is 12.0. The first kappa shape index (κ1) is 25.1. The lowest BCUT2D eigenvalue weighted by Gasteiger charge is -2.11. The summed E-state index contributed by atoms with van der Waals surface area (Å²) in [7, 11) is 1.24. The molecule has 1 fully saturated rings. The van der Waals surface area contributed by atoms with Crippen LogP contribution in [0.2, 0.25) is 0 Å². The molecule has 1 aliphatic heterocycles. The highest BCUT2D eigenvalue weighted by atomic mass is 32.2. The highest BCUT2D eigenvalue weighted by molar-refractivity contribution is 8.18. The van der Waals surface area contributed by atoms with Crippen molar-refractivity contribution in [2.45, 2.75) is 27.3 Å². The van der Waals surface area contributed by atoms with Crippen LogP contribution in [0.25, 0.3) is 11.8 Å². The summed E-state index contributed by atoms with van der Waals surface area (Å²) in [5, 5.41) is -0.432. The average molecular weight is 509 g/mol. The molecule has 3 aromatic rings. The monoisotopic (exact) mass is 508 g/mol. The minimum atomic E-state index is -0.640. The molecule has 0 spiro atoms. The van der Waals surface area contributed by atoms with Gasteiger partial charge in [0.05, 0.1) is 30.7 Å². The van der Waals surface area contributed by atoms with E-state index in [0.717, 1.165) is 39.3 Å². The van der Waals surface area contributed by atoms with Crippen LogP contribution in [0.1, 0.15) is 50.5 Å². The molecule has 0 radical (unpaired) electrons. The number of hydrogen-bond donors (Lipinski definition) is 0. The van der Waals surface area contributed by atoms with Gasteiger partial charge in [0.2, 0.25) is 5.76 Å². The molecule has 10 heteroatoms. The van der Waals surface area contributed by atoms with Gasteiger partial charge in [-0.2, -0.15) is 0 Å². The van der Waals surface area contributed by atoms with Gasteiger partial charge in [-0.15, -0.1) is 0 Å². The largest absolute Gasteiger partial charge is 0.463 e. The predicted octanol–water partition coefficient (Wildman–Crippen LogP) is 4.89. The lowest BCUT2D eigenvalue weighted by molar-refractivity contribution is -0.123. The Balaban J connectivity index is 1.58. The maximum absolute atomic E-state index is 13.0. The Morgan fingerprint density at radius 1 is 1.08 bits per heavy atom. The van der Waals surface area contributed by atoms with Crippen LogP contribution in [0.15, 0.2) is 51.8 Å². The molecular formula is C26H24N2O7S. The Bertz CT molecular complexity index is 1400. The molecule has 36 heavy (non-hydrogen) atoms. The quantitative estimate of drug-likeness (QED) is 0.328. The summed E-state index contributed by atoms with van der Waals surface area (Å²) in [4.78, 5) is 50.7. The van der Waals surface area contributed by atoms with Crippen molar-refractivity contribution in [2.24, 2.45) is 0 Å². The number of aryl methyl sites for hydroxylation is 1. The fourth-order valence-electron chi connectivity index (χ4n) is 3.92. The third-order valence-electron chi connectivity index (χ3n) is 5.61. The second kappa shape index (κ2) is 10.3. The molecule has 1 aliphatic rings. The van der Waals surface area contributed by atoms with E-state index >= 15 is 0 Å². The van der Waals surface area contributed by atoms with E-state index in [1.54, 1.807) is 31.2 Å². The number of esters is 2. The van der Waals surface area contributed by atoms with Crippen molar-refractivity contribution in [3.05, 3.63) is 81.4 Å². The van der Waals surface area contributed by atoms with Crippen LogP contribution < -0.4 is 0 Å². The number of carbonyl (C=O) groups is 4. The Hall–Kier alpha value is -4.05. The van der Waals surface area contributed by atoms with Crippen molar-refractivity contribution < 1.29 is 33.1 Å². The van der Waals surface area contributed by atoms with Crippen molar-refractivity contribution in [1.82, 2.24) is 9.47 Å². The Labute approximate surface area is 211 Å². The molecule has 3 heterocycles. The second-order valence-corrected chi connectivity index (χ2v) is 8.95. The average Bonchev–Trinajstić information content (AvgIpc) is 3.52. The van der Waals surface area contributed by atoms with Crippen LogP contribution in [0.5, 0.6) is 0 Å². The number of thioether (sulfide) groups is 1. The zero-order chi connectivity index (χ0) is 26.0. The van der Waals surface area contributed by atoms with E-state index in [1.807, 2.05) is 30.5 Å². The van der Waals surface area contributed by atoms with Gasteiger partial charge in [-0.3, -0.25) is 14.5 Å². The van der Waals surface area contributed by atoms with Gasteiger partial charge in [0.15, 0.2) is 0 Å². The van der Waals surface area contributed by atoms with E-state index < -0.39 is 23.1 Å². The molecule has 1 aromatic carbocycles. The van der Waals surface area contributed by atoms with E-state index in [1.165, 1.54) is 19.2 Å². The molecule has 0 N–H and O–H groups in total. The van der Waals surface area contributed by atoms with Gasteiger partial charge in [-0.25, -0.2) is 9.59 Å². The molecule has 2 amide bonds. The minimum Gasteiger partial charge on any atom is -0.463 e. The highest BCUT2D eigenvalue weighted by Crippen LogP contribution is 2.35. The van der Waals surface area contributed by atoms with E-state index in [2.05, 4.69) is 4.74 Å². The summed E-state index contributed by atoms with van der Waals surface area (Å²) in [6.07, 6.45) is 1.68. The lowest BCUT2D eigenvalue weighted by atomic mass is 10.2. The van der Waals surface area contributed by atoms with E-state index in [9.17, 15) is 19.2 Å². The number of furan rings is 1. The topological polar surface area (TPSA) is 108 Å². The van der Waals surface area contributed by atoms with Crippen LogP contribution in [-0.2, 0) is 20.8 Å². The van der Waals surface area contributed by atoms with Gasteiger partial charge in [0, 0.05) is 17.1 Å². The van der Waals surface area contributed by atoms with Crippen molar-refractivity contribution in [3.8, 4) is 5.69 Å². The number of imide groups is 1. The molecule has 1 saturated heterocycles. The normalized spacial score (nSPS) is 14.6. The van der Waals surface area contributed by atoms with Crippen molar-refractivity contribution in [2.75, 3.05) is 13.7 Å². The van der Waals surface area contributed by atoms with Crippen LogP contribution in [0.4, 0.5) is 4.79 Å². The molecule has 4 rings (SSSR count). The number of hydrogen-bond acceptors (Lipinski definition) is 8. The number of amides is 2. The molecule has 0 unspecified atom stereocenters. The third kappa shape index (κ3) is 4.85. The summed E-state index contributed by atoms with van der Waals surface area (Å²) in [5.74, 6) is -1.20. The molecule has 0 aliphatic carbocycles. The number of rotatable bonds is 7. The fraction of sp³-hybridized carbons (Fsp3) is 0.231. The van der Waals surface area contributed by atoms with Gasteiger partial charge in [-0.05, 0) is 80.6 Å². The first-order valence-electron chi connectivity index (χ1n) is 11.1. The number of carbonyl (C=O) groups excluding carboxylic acids is 4. The van der Waals surface area contributed by atoms with E-state index in [0.29, 0.717) is 11.3 Å². The Morgan fingerprint density at radius 2 is 1.86 bits per heavy atom. The number of benzene rings is 1. The Kier molecular flexibility index (Phi) is 7.16. The van der Waals surface area contributed by atoms with Crippen LogP contribution >= 0.6 is 11.8 Å². The summed E-state index contributed by atoms with van der Waals surface area (Å²) >= 11 is 0.840. The molecule has 0 atom stereocenters. The zero-order valence-electron chi connectivity index (χ0n) is 20.2. The molecule has 0 bridgehead atoms. The summed E-state index contributed by atoms with van der Waals surface area (Å²) < 4.78 is 17.1. The van der Waals surface area contributed by atoms with E-state index in [4.69, 9.17) is 9.15 Å². The molecule has 2 aromatic heterocycles. The number of methoxy groups -OCH3 is 1. The van der Waals surface area contributed by atoms with E-state index in [-0.39, 0.29) is 23.8 Å². The van der Waals surface area contributed by atoms with Crippen molar-refractivity contribution in [3.63, 3.8) is 0 Å². The first-order valence-corrected chi connectivity index (χ1v) is 11.9. The first-order chi connectivity index (χ1) is 17.2. The van der Waals surface area contributed by atoms with Gasteiger partial charge in [0.1, 0.15) is 5.76 Å². The summed E-state index contributed by atoms with van der Waals surface area (Å²) in [5.41, 5.74) is 3.73. The zero-order valence-corrected chi connectivity index (χ0v) is 21.0. The number of nitrogens with zero attached hydrogens (tertiary/aromatic N) is 2.